The van der Waals surface area contributed by atoms with Crippen LogP contribution in [-0.4, -0.2) is 50.1 Å². The number of aromatic amines is 1. The van der Waals surface area contributed by atoms with Gasteiger partial charge in [-0.15, -0.1) is 0 Å². The lowest BCUT2D eigenvalue weighted by Crippen LogP contribution is -2.45. The third-order valence-corrected chi connectivity index (χ3v) is 5.26. The van der Waals surface area contributed by atoms with Crippen molar-refractivity contribution in [3.8, 4) is 0 Å². The zero-order chi connectivity index (χ0) is 19.7. The number of carbonyl (C=O) groups excluding carboxylic acids is 2. The molecule has 0 aliphatic carbocycles. The summed E-state index contributed by atoms with van der Waals surface area (Å²) in [7, 11) is 0. The molecule has 2 N–H and O–H groups in total. The van der Waals surface area contributed by atoms with E-state index in [2.05, 4.69) is 38.3 Å². The first-order valence-electron chi connectivity index (χ1n) is 9.70. The minimum atomic E-state index is -0.115. The fourth-order valence-corrected chi connectivity index (χ4v) is 3.74. The van der Waals surface area contributed by atoms with Crippen molar-refractivity contribution >= 4 is 22.7 Å². The number of hydrogen-bond donors (Lipinski definition) is 2. The molecule has 1 atom stereocenters. The van der Waals surface area contributed by atoms with E-state index in [9.17, 15) is 9.59 Å². The highest BCUT2D eigenvalue weighted by Crippen LogP contribution is 2.17. The minimum Gasteiger partial charge on any atom is -0.352 e. The fraction of sp³-hybridized carbons (Fsp3) is 0.381. The number of benzene rings is 1. The van der Waals surface area contributed by atoms with E-state index >= 15 is 0 Å². The van der Waals surface area contributed by atoms with Gasteiger partial charge in [0.1, 0.15) is 5.69 Å². The van der Waals surface area contributed by atoms with Gasteiger partial charge in [-0.1, -0.05) is 18.2 Å². The van der Waals surface area contributed by atoms with Crippen LogP contribution in [0, 0.1) is 0 Å². The van der Waals surface area contributed by atoms with Gasteiger partial charge in [0.2, 0.25) is 5.91 Å². The van der Waals surface area contributed by atoms with Crippen LogP contribution >= 0.6 is 0 Å². The molecule has 1 saturated heterocycles. The van der Waals surface area contributed by atoms with Gasteiger partial charge in [0, 0.05) is 36.8 Å². The average molecular weight is 379 g/mol. The van der Waals surface area contributed by atoms with Crippen LogP contribution in [0.2, 0.25) is 0 Å². The molecule has 0 unspecified atom stereocenters. The third-order valence-electron chi connectivity index (χ3n) is 5.26. The number of hydrogen-bond acceptors (Lipinski definition) is 3. The van der Waals surface area contributed by atoms with Crippen molar-refractivity contribution in [3.05, 3.63) is 54.0 Å². The molecule has 0 bridgehead atoms. The summed E-state index contributed by atoms with van der Waals surface area (Å²) < 4.78 is 2.13. The first-order chi connectivity index (χ1) is 13.5. The first kappa shape index (κ1) is 18.3. The third kappa shape index (κ3) is 3.65. The van der Waals surface area contributed by atoms with Gasteiger partial charge < -0.3 is 14.8 Å². The second-order valence-corrected chi connectivity index (χ2v) is 7.64. The molecule has 3 aromatic rings. The second-order valence-electron chi connectivity index (χ2n) is 7.64. The largest absolute Gasteiger partial charge is 0.352 e. The van der Waals surface area contributed by atoms with Gasteiger partial charge in [0.05, 0.1) is 12.2 Å². The van der Waals surface area contributed by atoms with Gasteiger partial charge in [-0.2, -0.15) is 5.10 Å². The molecule has 0 spiro atoms. The molecule has 146 valence electrons. The number of rotatable bonds is 6. The monoisotopic (exact) mass is 379 g/mol. The number of para-hydroxylation sites is 1. The van der Waals surface area contributed by atoms with E-state index in [0.717, 1.165) is 17.6 Å². The lowest BCUT2D eigenvalue weighted by Gasteiger charge is -2.28. The van der Waals surface area contributed by atoms with Gasteiger partial charge in [0.25, 0.3) is 5.91 Å². The molecule has 1 fully saturated rings. The maximum absolute atomic E-state index is 13.0. The summed E-state index contributed by atoms with van der Waals surface area (Å²) in [6, 6.07) is 12.1. The van der Waals surface area contributed by atoms with Gasteiger partial charge in [-0.25, -0.2) is 0 Å². The van der Waals surface area contributed by atoms with Crippen molar-refractivity contribution in [1.82, 2.24) is 25.0 Å². The number of aromatic nitrogens is 3. The van der Waals surface area contributed by atoms with Crippen molar-refractivity contribution in [2.45, 2.75) is 45.3 Å². The number of carbonyl (C=O) groups is 2. The molecular weight excluding hydrogens is 354 g/mol. The maximum atomic E-state index is 13.0. The Morgan fingerprint density at radius 2 is 2.14 bits per heavy atom. The van der Waals surface area contributed by atoms with Crippen LogP contribution in [0.4, 0.5) is 0 Å². The predicted molar refractivity (Wildman–Crippen MR) is 107 cm³/mol. The molecule has 1 aromatic carbocycles. The number of amides is 2. The summed E-state index contributed by atoms with van der Waals surface area (Å²) >= 11 is 0. The summed E-state index contributed by atoms with van der Waals surface area (Å²) in [4.78, 5) is 26.2. The standard InChI is InChI=1S/C21H25N5O2/c1-14(2)26(13-16-7-8-20(27)22-16)21(28)18-11-17(23-24-18)12-25-10-9-15-5-3-4-6-19(15)25/h3-6,9-11,14,16H,7-8,12-13H2,1-2H3,(H,22,27)(H,23,24)/t16-/m1/s1. The van der Waals surface area contributed by atoms with E-state index in [1.165, 1.54) is 5.39 Å². The molecule has 3 heterocycles. The first-order valence-corrected chi connectivity index (χ1v) is 9.70. The molecule has 0 saturated carbocycles. The Hall–Kier alpha value is -3.09. The highest BCUT2D eigenvalue weighted by atomic mass is 16.2. The second kappa shape index (κ2) is 7.50. The highest BCUT2D eigenvalue weighted by Gasteiger charge is 2.28. The molecule has 7 nitrogen and oxygen atoms in total. The fourth-order valence-electron chi connectivity index (χ4n) is 3.74. The molecular formula is C21H25N5O2. The van der Waals surface area contributed by atoms with Crippen LogP contribution in [-0.2, 0) is 11.3 Å². The van der Waals surface area contributed by atoms with E-state index in [0.29, 0.717) is 25.2 Å². The molecule has 0 radical (unpaired) electrons. The van der Waals surface area contributed by atoms with Crippen LogP contribution < -0.4 is 5.32 Å². The van der Waals surface area contributed by atoms with Crippen LogP contribution in [0.3, 0.4) is 0 Å². The molecule has 2 amide bonds. The molecule has 1 aliphatic rings. The van der Waals surface area contributed by atoms with E-state index in [4.69, 9.17) is 0 Å². The van der Waals surface area contributed by atoms with Crippen molar-refractivity contribution in [1.29, 1.82) is 0 Å². The Labute approximate surface area is 163 Å². The number of nitrogens with zero attached hydrogens (tertiary/aromatic N) is 3. The van der Waals surface area contributed by atoms with Crippen molar-refractivity contribution in [2.75, 3.05) is 6.54 Å². The van der Waals surface area contributed by atoms with E-state index in [1.54, 1.807) is 4.90 Å². The lowest BCUT2D eigenvalue weighted by molar-refractivity contribution is -0.119. The molecule has 1 aliphatic heterocycles. The molecule has 2 aromatic heterocycles. The number of nitrogens with one attached hydrogen (secondary N) is 2. The number of H-pyrrole nitrogens is 1. The quantitative estimate of drug-likeness (QED) is 0.690. The zero-order valence-corrected chi connectivity index (χ0v) is 16.2. The van der Waals surface area contributed by atoms with E-state index in [1.807, 2.05) is 38.2 Å². The smallest absolute Gasteiger partial charge is 0.274 e. The van der Waals surface area contributed by atoms with Crippen LogP contribution in [0.1, 0.15) is 42.9 Å². The van der Waals surface area contributed by atoms with Crippen LogP contribution in [0.15, 0.2) is 42.6 Å². The van der Waals surface area contributed by atoms with Crippen LogP contribution in [0.5, 0.6) is 0 Å². The normalized spacial score (nSPS) is 16.7. The molecule has 4 rings (SSSR count). The average Bonchev–Trinajstić information content (AvgIpc) is 3.40. The number of fused-ring (bicyclic) bond motifs is 1. The van der Waals surface area contributed by atoms with Gasteiger partial charge in [-0.05, 0) is 43.9 Å². The van der Waals surface area contributed by atoms with E-state index < -0.39 is 0 Å². The Morgan fingerprint density at radius 1 is 1.32 bits per heavy atom. The summed E-state index contributed by atoms with van der Waals surface area (Å²) in [6.45, 7) is 5.09. The topological polar surface area (TPSA) is 83.0 Å². The zero-order valence-electron chi connectivity index (χ0n) is 16.2. The van der Waals surface area contributed by atoms with Gasteiger partial charge in [-0.3, -0.25) is 14.7 Å². The summed E-state index contributed by atoms with van der Waals surface area (Å²) in [6.07, 6.45) is 3.33. The Morgan fingerprint density at radius 3 is 2.89 bits per heavy atom. The maximum Gasteiger partial charge on any atom is 0.274 e. The molecule has 28 heavy (non-hydrogen) atoms. The van der Waals surface area contributed by atoms with Crippen LogP contribution in [0.25, 0.3) is 10.9 Å². The van der Waals surface area contributed by atoms with Gasteiger partial charge in [0.15, 0.2) is 0 Å². The Balaban J connectivity index is 1.48. The van der Waals surface area contributed by atoms with Crippen molar-refractivity contribution < 1.29 is 9.59 Å². The van der Waals surface area contributed by atoms with Gasteiger partial charge >= 0.3 is 0 Å². The summed E-state index contributed by atoms with van der Waals surface area (Å²) in [5.41, 5.74) is 2.43. The minimum absolute atomic E-state index is 0.0171. The highest BCUT2D eigenvalue weighted by molar-refractivity contribution is 5.92. The molecule has 7 heteroatoms. The summed E-state index contributed by atoms with van der Waals surface area (Å²) in [5, 5.41) is 11.4. The predicted octanol–water partition coefficient (Wildman–Crippen LogP) is 2.54. The van der Waals surface area contributed by atoms with Crippen molar-refractivity contribution in [2.24, 2.45) is 0 Å². The lowest BCUT2D eigenvalue weighted by atomic mass is 10.1. The Bertz CT molecular complexity index is 1000. The SMILES string of the molecule is CC(C)N(C[C@H]1CCC(=O)N1)C(=O)c1cc(Cn2ccc3ccccc32)[nH]n1. The van der Waals surface area contributed by atoms with Crippen molar-refractivity contribution in [3.63, 3.8) is 0 Å². The van der Waals surface area contributed by atoms with E-state index in [-0.39, 0.29) is 23.9 Å². The Kier molecular flexibility index (Phi) is 4.90. The summed E-state index contributed by atoms with van der Waals surface area (Å²) in [5.74, 6) is -0.0572.